The lowest BCUT2D eigenvalue weighted by atomic mass is 9.95. The molecule has 25 heavy (non-hydrogen) atoms. The molecule has 0 unspecified atom stereocenters. The van der Waals surface area contributed by atoms with Gasteiger partial charge in [0, 0.05) is 49.4 Å². The molecule has 3 N–H and O–H groups in total. The molecule has 128 valence electrons. The average molecular weight is 338 g/mol. The molecule has 1 saturated heterocycles. The predicted octanol–water partition coefficient (Wildman–Crippen LogP) is 0.868. The molecule has 3 aromatic heterocycles. The van der Waals surface area contributed by atoms with Crippen molar-refractivity contribution in [1.29, 1.82) is 0 Å². The van der Waals surface area contributed by atoms with Crippen LogP contribution in [0.2, 0.25) is 0 Å². The first-order valence-corrected chi connectivity index (χ1v) is 8.14. The second-order valence-corrected chi connectivity index (χ2v) is 6.02. The van der Waals surface area contributed by atoms with E-state index >= 15 is 0 Å². The largest absolute Gasteiger partial charge is 0.364 e. The Balaban J connectivity index is 1.55. The van der Waals surface area contributed by atoms with E-state index < -0.39 is 5.91 Å². The molecule has 0 radical (unpaired) electrons. The van der Waals surface area contributed by atoms with E-state index in [1.165, 1.54) is 0 Å². The Morgan fingerprint density at radius 1 is 1.36 bits per heavy atom. The average Bonchev–Trinajstić information content (AvgIpc) is 3.34. The number of amides is 1. The molecule has 1 atom stereocenters. The summed E-state index contributed by atoms with van der Waals surface area (Å²) in [7, 11) is 0. The second-order valence-electron chi connectivity index (χ2n) is 6.02. The molecule has 0 bridgehead atoms. The van der Waals surface area contributed by atoms with E-state index in [9.17, 15) is 4.79 Å². The van der Waals surface area contributed by atoms with E-state index in [1.54, 1.807) is 23.1 Å². The Bertz CT molecular complexity index is 872. The quantitative estimate of drug-likeness (QED) is 0.728. The monoisotopic (exact) mass is 338 g/mol. The third-order valence-corrected chi connectivity index (χ3v) is 4.36. The predicted molar refractivity (Wildman–Crippen MR) is 90.4 cm³/mol. The van der Waals surface area contributed by atoms with Crippen LogP contribution in [0.1, 0.15) is 34.9 Å². The molecular formula is C16H18N8O. The van der Waals surface area contributed by atoms with Crippen molar-refractivity contribution in [1.82, 2.24) is 29.9 Å². The maximum Gasteiger partial charge on any atom is 0.269 e. The minimum atomic E-state index is -0.523. The highest BCUT2D eigenvalue weighted by Crippen LogP contribution is 2.28. The number of hydrogen-bond acceptors (Lipinski definition) is 6. The fourth-order valence-electron chi connectivity index (χ4n) is 3.11. The maximum absolute atomic E-state index is 11.2. The van der Waals surface area contributed by atoms with Crippen LogP contribution in [0.25, 0.3) is 5.82 Å². The lowest BCUT2D eigenvalue weighted by Gasteiger charge is -2.32. The number of nitrogens with two attached hydrogens (primary N) is 1. The van der Waals surface area contributed by atoms with E-state index in [4.69, 9.17) is 5.73 Å². The van der Waals surface area contributed by atoms with Gasteiger partial charge in [-0.05, 0) is 25.0 Å². The van der Waals surface area contributed by atoms with E-state index in [1.807, 2.05) is 18.3 Å². The number of rotatable bonds is 4. The van der Waals surface area contributed by atoms with Gasteiger partial charge in [0.15, 0.2) is 5.82 Å². The lowest BCUT2D eigenvalue weighted by Crippen LogP contribution is -2.35. The number of piperidine rings is 1. The van der Waals surface area contributed by atoms with Crippen molar-refractivity contribution in [3.8, 4) is 5.82 Å². The maximum atomic E-state index is 11.2. The summed E-state index contributed by atoms with van der Waals surface area (Å²) < 4.78 is 1.71. The summed E-state index contributed by atoms with van der Waals surface area (Å²) in [5.41, 5.74) is 6.46. The molecule has 0 aromatic carbocycles. The molecule has 1 aliphatic rings. The van der Waals surface area contributed by atoms with Gasteiger partial charge >= 0.3 is 0 Å². The normalized spacial score (nSPS) is 17.6. The summed E-state index contributed by atoms with van der Waals surface area (Å²) in [4.78, 5) is 22.4. The van der Waals surface area contributed by atoms with Crippen LogP contribution in [0.5, 0.6) is 0 Å². The molecule has 0 spiro atoms. The molecule has 0 saturated carbocycles. The van der Waals surface area contributed by atoms with Gasteiger partial charge in [0.1, 0.15) is 5.69 Å². The SMILES string of the molecule is NC(=O)c1cc([C@@H]2CCCN(c3nccc(-n4cccn4)n3)C2)[nH]n1. The molecule has 1 aliphatic heterocycles. The Morgan fingerprint density at radius 2 is 2.28 bits per heavy atom. The van der Waals surface area contributed by atoms with E-state index in [2.05, 4.69) is 30.2 Å². The molecule has 1 fully saturated rings. The fraction of sp³-hybridized carbons (Fsp3) is 0.312. The molecule has 0 aliphatic carbocycles. The number of H-pyrrole nitrogens is 1. The van der Waals surface area contributed by atoms with Crippen molar-refractivity contribution in [3.63, 3.8) is 0 Å². The van der Waals surface area contributed by atoms with E-state index in [0.29, 0.717) is 5.95 Å². The number of primary amides is 1. The summed E-state index contributed by atoms with van der Waals surface area (Å²) >= 11 is 0. The Labute approximate surface area is 143 Å². The summed E-state index contributed by atoms with van der Waals surface area (Å²) in [5, 5.41) is 11.1. The highest BCUT2D eigenvalue weighted by Gasteiger charge is 2.25. The topological polar surface area (TPSA) is 119 Å². The zero-order chi connectivity index (χ0) is 17.2. The minimum Gasteiger partial charge on any atom is -0.364 e. The van der Waals surface area contributed by atoms with Crippen LogP contribution in [0.3, 0.4) is 0 Å². The highest BCUT2D eigenvalue weighted by molar-refractivity contribution is 5.90. The van der Waals surface area contributed by atoms with Crippen LogP contribution in [-0.2, 0) is 0 Å². The number of nitrogens with zero attached hydrogens (tertiary/aromatic N) is 6. The van der Waals surface area contributed by atoms with E-state index in [-0.39, 0.29) is 11.6 Å². The number of carbonyl (C=O) groups is 1. The third kappa shape index (κ3) is 3.08. The van der Waals surface area contributed by atoms with Crippen LogP contribution in [0.15, 0.2) is 36.8 Å². The Morgan fingerprint density at radius 3 is 3.04 bits per heavy atom. The zero-order valence-corrected chi connectivity index (χ0v) is 13.5. The smallest absolute Gasteiger partial charge is 0.269 e. The molecule has 1 amide bonds. The minimum absolute atomic E-state index is 0.228. The van der Waals surface area contributed by atoms with Gasteiger partial charge in [-0.1, -0.05) is 0 Å². The zero-order valence-electron chi connectivity index (χ0n) is 13.5. The molecule has 4 heterocycles. The van der Waals surface area contributed by atoms with Crippen molar-refractivity contribution in [2.75, 3.05) is 18.0 Å². The summed E-state index contributed by atoms with van der Waals surface area (Å²) in [6.07, 6.45) is 7.32. The molecule has 4 rings (SSSR count). The summed E-state index contributed by atoms with van der Waals surface area (Å²) in [5.74, 6) is 1.11. The van der Waals surface area contributed by atoms with Crippen LogP contribution in [0, 0.1) is 0 Å². The van der Waals surface area contributed by atoms with Gasteiger partial charge in [0.25, 0.3) is 5.91 Å². The highest BCUT2D eigenvalue weighted by atomic mass is 16.1. The first-order chi connectivity index (χ1) is 12.2. The van der Waals surface area contributed by atoms with Gasteiger partial charge in [-0.3, -0.25) is 9.89 Å². The van der Waals surface area contributed by atoms with Crippen molar-refractivity contribution < 1.29 is 4.79 Å². The number of hydrogen-bond donors (Lipinski definition) is 2. The van der Waals surface area contributed by atoms with Gasteiger partial charge in [0.2, 0.25) is 5.95 Å². The Kier molecular flexibility index (Phi) is 3.88. The number of anilines is 1. The van der Waals surface area contributed by atoms with Gasteiger partial charge < -0.3 is 10.6 Å². The summed E-state index contributed by atoms with van der Waals surface area (Å²) in [6, 6.07) is 5.41. The molecular weight excluding hydrogens is 320 g/mol. The summed E-state index contributed by atoms with van der Waals surface area (Å²) in [6.45, 7) is 1.64. The van der Waals surface area contributed by atoms with Crippen LogP contribution >= 0.6 is 0 Å². The molecule has 3 aromatic rings. The number of nitrogens with one attached hydrogen (secondary N) is 1. The second kappa shape index (κ2) is 6.34. The fourth-order valence-corrected chi connectivity index (χ4v) is 3.11. The number of carbonyl (C=O) groups excluding carboxylic acids is 1. The van der Waals surface area contributed by atoms with Crippen LogP contribution in [0.4, 0.5) is 5.95 Å². The van der Waals surface area contributed by atoms with Crippen molar-refractivity contribution >= 4 is 11.9 Å². The number of aromatic amines is 1. The lowest BCUT2D eigenvalue weighted by molar-refractivity contribution is 0.0995. The van der Waals surface area contributed by atoms with Gasteiger partial charge in [-0.2, -0.15) is 15.2 Å². The third-order valence-electron chi connectivity index (χ3n) is 4.36. The van der Waals surface area contributed by atoms with Gasteiger partial charge in [-0.25, -0.2) is 9.67 Å². The molecule has 9 nitrogen and oxygen atoms in total. The standard InChI is InChI=1S/C16H18N8O/c17-15(25)13-9-12(21-22-13)11-3-1-7-23(10-11)16-18-6-4-14(20-16)24-8-2-5-19-24/h2,4-6,8-9,11H,1,3,7,10H2,(H2,17,25)(H,21,22)/t11-/m1/s1. The van der Waals surface area contributed by atoms with Crippen molar-refractivity contribution in [3.05, 3.63) is 48.2 Å². The number of aromatic nitrogens is 6. The van der Waals surface area contributed by atoms with Crippen molar-refractivity contribution in [2.24, 2.45) is 5.73 Å². The van der Waals surface area contributed by atoms with Crippen LogP contribution < -0.4 is 10.6 Å². The van der Waals surface area contributed by atoms with E-state index in [0.717, 1.165) is 37.4 Å². The van der Waals surface area contributed by atoms with Crippen molar-refractivity contribution in [2.45, 2.75) is 18.8 Å². The Hall–Kier alpha value is -3.23. The van der Waals surface area contributed by atoms with Gasteiger partial charge in [-0.15, -0.1) is 0 Å². The molecule has 9 heteroatoms. The first-order valence-electron chi connectivity index (χ1n) is 8.14. The first kappa shape index (κ1) is 15.3. The van der Waals surface area contributed by atoms with Gasteiger partial charge in [0.05, 0.1) is 0 Å². The van der Waals surface area contributed by atoms with Crippen LogP contribution in [-0.4, -0.2) is 48.9 Å².